The van der Waals surface area contributed by atoms with Gasteiger partial charge in [0.25, 0.3) is 0 Å². The molecule has 11 aromatic rings. The molecular formula is C55H36N2O. The van der Waals surface area contributed by atoms with Gasteiger partial charge in [0.15, 0.2) is 0 Å². The molecule has 0 unspecified atom stereocenters. The Morgan fingerprint density at radius 3 is 1.66 bits per heavy atom. The van der Waals surface area contributed by atoms with Crippen molar-refractivity contribution in [2.75, 3.05) is 4.90 Å². The highest BCUT2D eigenvalue weighted by molar-refractivity contribution is 6.11. The summed E-state index contributed by atoms with van der Waals surface area (Å²) < 4.78 is 8.85. The lowest BCUT2D eigenvalue weighted by Gasteiger charge is -2.34. The molecule has 272 valence electrons. The number of benzene rings is 9. The minimum Gasteiger partial charge on any atom is -0.456 e. The first-order valence-corrected chi connectivity index (χ1v) is 19.9. The van der Waals surface area contributed by atoms with Crippen LogP contribution in [0.3, 0.4) is 0 Å². The predicted molar refractivity (Wildman–Crippen MR) is 240 cm³/mol. The summed E-state index contributed by atoms with van der Waals surface area (Å²) in [4.78, 5) is 2.37. The summed E-state index contributed by atoms with van der Waals surface area (Å²) in [6.07, 6.45) is 0. The van der Waals surface area contributed by atoms with Crippen LogP contribution in [0.15, 0.2) is 223 Å². The standard InChI is InChI=1S/C55H36N2O/c1-3-15-37(16-4-1)55(49-23-11-7-19-43(49)44-20-8-12-24-50(44)55)38-27-29-40(30-28-38)56(42-31-33-47-46-22-10-14-26-53(46)58-54(47)36-42)41-32-34-52-48(35-41)45-21-9-13-25-51(45)57(52)39-17-5-2-6-18-39/h1-36H. The maximum atomic E-state index is 6.48. The van der Waals surface area contributed by atoms with Crippen molar-refractivity contribution in [3.8, 4) is 16.8 Å². The summed E-state index contributed by atoms with van der Waals surface area (Å²) in [5.74, 6) is 0. The van der Waals surface area contributed by atoms with Gasteiger partial charge in [-0.3, -0.25) is 0 Å². The summed E-state index contributed by atoms with van der Waals surface area (Å²) in [5.41, 5.74) is 15.6. The summed E-state index contributed by atoms with van der Waals surface area (Å²) in [6.45, 7) is 0. The zero-order valence-corrected chi connectivity index (χ0v) is 31.6. The van der Waals surface area contributed by atoms with Crippen molar-refractivity contribution < 1.29 is 4.42 Å². The normalized spacial score (nSPS) is 13.0. The lowest BCUT2D eigenvalue weighted by molar-refractivity contribution is 0.669. The second-order valence-electron chi connectivity index (χ2n) is 15.3. The molecule has 1 aliphatic rings. The quantitative estimate of drug-likeness (QED) is 0.169. The van der Waals surface area contributed by atoms with E-state index in [-0.39, 0.29) is 0 Å². The van der Waals surface area contributed by atoms with Crippen LogP contribution in [0.5, 0.6) is 0 Å². The second kappa shape index (κ2) is 12.7. The van der Waals surface area contributed by atoms with Gasteiger partial charge in [-0.25, -0.2) is 0 Å². The third kappa shape index (κ3) is 4.68. The first kappa shape index (κ1) is 32.6. The van der Waals surface area contributed by atoms with Gasteiger partial charge in [0.1, 0.15) is 11.2 Å². The second-order valence-corrected chi connectivity index (χ2v) is 15.3. The molecule has 0 bridgehead atoms. The van der Waals surface area contributed by atoms with E-state index in [1.54, 1.807) is 0 Å². The van der Waals surface area contributed by atoms with Crippen LogP contribution < -0.4 is 4.90 Å². The van der Waals surface area contributed by atoms with Crippen LogP contribution in [-0.2, 0) is 5.41 Å². The number of hydrogen-bond acceptors (Lipinski definition) is 2. The average molecular weight is 741 g/mol. The summed E-state index contributed by atoms with van der Waals surface area (Å²) in [6, 6.07) is 79.3. The third-order valence-electron chi connectivity index (χ3n) is 12.3. The Hall–Kier alpha value is -7.62. The Morgan fingerprint density at radius 1 is 0.362 bits per heavy atom. The minimum atomic E-state index is -0.469. The molecule has 0 atom stereocenters. The molecule has 0 fully saturated rings. The van der Waals surface area contributed by atoms with E-state index in [1.165, 1.54) is 55.2 Å². The number of nitrogens with zero attached hydrogens (tertiary/aromatic N) is 2. The molecule has 3 nitrogen and oxygen atoms in total. The molecule has 1 aliphatic carbocycles. The van der Waals surface area contributed by atoms with Gasteiger partial charge in [0.05, 0.1) is 16.4 Å². The fourth-order valence-corrected chi connectivity index (χ4v) is 9.83. The van der Waals surface area contributed by atoms with Crippen molar-refractivity contribution in [3.05, 3.63) is 241 Å². The van der Waals surface area contributed by atoms with E-state index in [4.69, 9.17) is 4.42 Å². The fourth-order valence-electron chi connectivity index (χ4n) is 9.83. The van der Waals surface area contributed by atoms with Crippen LogP contribution in [0.4, 0.5) is 17.1 Å². The van der Waals surface area contributed by atoms with Gasteiger partial charge in [0, 0.05) is 50.4 Å². The molecular weight excluding hydrogens is 705 g/mol. The van der Waals surface area contributed by atoms with Crippen molar-refractivity contribution in [1.29, 1.82) is 0 Å². The molecule has 0 spiro atoms. The van der Waals surface area contributed by atoms with E-state index in [0.29, 0.717) is 0 Å². The van der Waals surface area contributed by atoms with E-state index in [9.17, 15) is 0 Å². The Balaban J connectivity index is 1.08. The first-order chi connectivity index (χ1) is 28.8. The Labute approximate surface area is 336 Å². The van der Waals surface area contributed by atoms with Crippen molar-refractivity contribution >= 4 is 60.8 Å². The highest BCUT2D eigenvalue weighted by Crippen LogP contribution is 2.56. The smallest absolute Gasteiger partial charge is 0.137 e. The Kier molecular flexibility index (Phi) is 7.14. The lowest BCUT2D eigenvalue weighted by Crippen LogP contribution is -2.28. The highest BCUT2D eigenvalue weighted by Gasteiger charge is 2.45. The summed E-state index contributed by atoms with van der Waals surface area (Å²) >= 11 is 0. The van der Waals surface area contributed by atoms with Gasteiger partial charge in [-0.2, -0.15) is 0 Å². The molecule has 9 aromatic carbocycles. The van der Waals surface area contributed by atoms with E-state index < -0.39 is 5.41 Å². The first-order valence-electron chi connectivity index (χ1n) is 19.9. The number of hydrogen-bond donors (Lipinski definition) is 0. The van der Waals surface area contributed by atoms with Crippen LogP contribution in [-0.4, -0.2) is 4.57 Å². The third-order valence-corrected chi connectivity index (χ3v) is 12.3. The number of aromatic nitrogens is 1. The largest absolute Gasteiger partial charge is 0.456 e. The van der Waals surface area contributed by atoms with Crippen molar-refractivity contribution in [2.24, 2.45) is 0 Å². The zero-order chi connectivity index (χ0) is 38.2. The SMILES string of the molecule is c1ccc(-n2c3ccccc3c3cc(N(c4ccc(C5(c6ccccc6)c6ccccc6-c6ccccc65)cc4)c4ccc5c(c4)oc4ccccc45)ccc32)cc1. The maximum absolute atomic E-state index is 6.48. The molecule has 3 heteroatoms. The van der Waals surface area contributed by atoms with Gasteiger partial charge >= 0.3 is 0 Å². The van der Waals surface area contributed by atoms with Gasteiger partial charge in [-0.05, 0) is 100 Å². The fraction of sp³-hybridized carbons (Fsp3) is 0.0182. The van der Waals surface area contributed by atoms with E-state index >= 15 is 0 Å². The Bertz CT molecular complexity index is 3290. The molecule has 0 saturated carbocycles. The minimum absolute atomic E-state index is 0.469. The van der Waals surface area contributed by atoms with E-state index in [2.05, 4.69) is 216 Å². The molecule has 0 radical (unpaired) electrons. The highest BCUT2D eigenvalue weighted by atomic mass is 16.3. The average Bonchev–Trinajstić information content (AvgIpc) is 3.93. The van der Waals surface area contributed by atoms with E-state index in [0.717, 1.165) is 44.7 Å². The van der Waals surface area contributed by atoms with Crippen molar-refractivity contribution in [3.63, 3.8) is 0 Å². The van der Waals surface area contributed by atoms with Crippen molar-refractivity contribution in [2.45, 2.75) is 5.41 Å². The Morgan fingerprint density at radius 2 is 0.897 bits per heavy atom. The maximum Gasteiger partial charge on any atom is 0.137 e. The number of rotatable bonds is 6. The van der Waals surface area contributed by atoms with Crippen LogP contribution in [0.25, 0.3) is 60.6 Å². The molecule has 0 saturated heterocycles. The predicted octanol–water partition coefficient (Wildman–Crippen LogP) is 14.5. The van der Waals surface area contributed by atoms with Crippen molar-refractivity contribution in [1.82, 2.24) is 4.57 Å². The molecule has 12 rings (SSSR count). The van der Waals surface area contributed by atoms with Crippen LogP contribution >= 0.6 is 0 Å². The van der Waals surface area contributed by atoms with Crippen LogP contribution in [0, 0.1) is 0 Å². The molecule has 0 amide bonds. The van der Waals surface area contributed by atoms with Gasteiger partial charge in [0.2, 0.25) is 0 Å². The van der Waals surface area contributed by atoms with Gasteiger partial charge < -0.3 is 13.9 Å². The molecule has 0 aliphatic heterocycles. The van der Waals surface area contributed by atoms with Gasteiger partial charge in [-0.1, -0.05) is 146 Å². The zero-order valence-electron chi connectivity index (χ0n) is 31.6. The molecule has 58 heavy (non-hydrogen) atoms. The number of anilines is 3. The lowest BCUT2D eigenvalue weighted by atomic mass is 9.68. The van der Waals surface area contributed by atoms with Crippen LogP contribution in [0.2, 0.25) is 0 Å². The monoisotopic (exact) mass is 740 g/mol. The molecule has 2 heterocycles. The number of furan rings is 1. The number of fused-ring (bicyclic) bond motifs is 9. The summed E-state index contributed by atoms with van der Waals surface area (Å²) in [5, 5.41) is 4.65. The van der Waals surface area contributed by atoms with Gasteiger partial charge in [-0.15, -0.1) is 0 Å². The van der Waals surface area contributed by atoms with Crippen LogP contribution in [0.1, 0.15) is 22.3 Å². The topological polar surface area (TPSA) is 21.3 Å². The molecule has 0 N–H and O–H groups in total. The molecule has 2 aromatic heterocycles. The van der Waals surface area contributed by atoms with E-state index in [1.807, 2.05) is 12.1 Å². The number of para-hydroxylation sites is 3. The summed E-state index contributed by atoms with van der Waals surface area (Å²) in [7, 11) is 0.